The monoisotopic (exact) mass is 1060 g/mol. The predicted molar refractivity (Wildman–Crippen MR) is 330 cm³/mol. The summed E-state index contributed by atoms with van der Waals surface area (Å²) in [6.07, 6.45) is 81.3. The first-order valence-corrected chi connectivity index (χ1v) is 33.9. The van der Waals surface area contributed by atoms with Crippen molar-refractivity contribution in [3.63, 3.8) is 0 Å². The van der Waals surface area contributed by atoms with E-state index in [0.717, 1.165) is 38.5 Å². The van der Waals surface area contributed by atoms with Crippen LogP contribution in [0.25, 0.3) is 0 Å². The highest BCUT2D eigenvalue weighted by Gasteiger charge is 2.28. The molecule has 0 aromatic rings. The molecule has 444 valence electrons. The lowest BCUT2D eigenvalue weighted by atomic mass is 10.00. The van der Waals surface area contributed by atoms with Crippen molar-refractivity contribution in [1.29, 1.82) is 0 Å². The van der Waals surface area contributed by atoms with Gasteiger partial charge < -0.3 is 25.7 Å². The zero-order chi connectivity index (χ0) is 54.4. The Labute approximate surface area is 468 Å². The Morgan fingerprint density at radius 3 is 0.840 bits per heavy atom. The molecule has 5 N–H and O–H groups in total. The normalized spacial score (nSPS) is 13.7. The van der Waals surface area contributed by atoms with Gasteiger partial charge in [-0.05, 0) is 77.0 Å². The van der Waals surface area contributed by atoms with E-state index in [0.29, 0.717) is 19.3 Å². The lowest BCUT2D eigenvalue weighted by Crippen LogP contribution is -2.53. The third kappa shape index (κ3) is 57.0. The molecule has 0 aliphatic rings. The van der Waals surface area contributed by atoms with Crippen molar-refractivity contribution in [1.82, 2.24) is 5.32 Å². The first-order valence-electron chi connectivity index (χ1n) is 33.9. The Morgan fingerprint density at radius 1 is 0.320 bits per heavy atom. The number of hydrogen-bond acceptors (Lipinski definition) is 5. The minimum atomic E-state index is -1.29. The fourth-order valence-electron chi connectivity index (χ4n) is 10.8. The van der Waals surface area contributed by atoms with Crippen LogP contribution in [0.4, 0.5) is 0 Å². The first kappa shape index (κ1) is 73.5. The zero-order valence-corrected chi connectivity index (χ0v) is 50.6. The van der Waals surface area contributed by atoms with E-state index in [1.807, 2.05) is 0 Å². The smallest absolute Gasteiger partial charge is 0.249 e. The first-order chi connectivity index (χ1) is 37.0. The predicted octanol–water partition coefficient (Wildman–Crippen LogP) is 20.7. The van der Waals surface area contributed by atoms with Gasteiger partial charge in [0.2, 0.25) is 5.91 Å². The molecule has 0 heterocycles. The van der Waals surface area contributed by atoms with Crippen LogP contribution in [-0.4, -0.2) is 57.3 Å². The number of allylic oxidation sites excluding steroid dienone is 6. The number of aliphatic hydroxyl groups excluding tert-OH is 4. The average Bonchev–Trinajstić information content (AvgIpc) is 3.42. The van der Waals surface area contributed by atoms with Gasteiger partial charge in [0.25, 0.3) is 0 Å². The summed E-state index contributed by atoms with van der Waals surface area (Å²) in [7, 11) is 0. The molecule has 0 bridgehead atoms. The molecule has 1 amide bonds. The Hall–Kier alpha value is -1.47. The van der Waals surface area contributed by atoms with Gasteiger partial charge >= 0.3 is 0 Å². The number of carbonyl (C=O) groups is 1. The summed E-state index contributed by atoms with van der Waals surface area (Å²) < 4.78 is 0. The summed E-state index contributed by atoms with van der Waals surface area (Å²) in [6, 6.07) is -1.01. The van der Waals surface area contributed by atoms with Crippen molar-refractivity contribution in [2.45, 2.75) is 391 Å². The van der Waals surface area contributed by atoms with Crippen LogP contribution in [0.1, 0.15) is 367 Å². The summed E-state index contributed by atoms with van der Waals surface area (Å²) >= 11 is 0. The molecule has 0 rings (SSSR count). The number of carbonyl (C=O) groups excluding carboxylic acids is 1. The zero-order valence-electron chi connectivity index (χ0n) is 50.6. The molecule has 4 unspecified atom stereocenters. The van der Waals surface area contributed by atoms with E-state index in [2.05, 4.69) is 55.6 Å². The van der Waals surface area contributed by atoms with Crippen molar-refractivity contribution in [2.24, 2.45) is 0 Å². The Balaban J connectivity index is 3.55. The summed E-state index contributed by atoms with van der Waals surface area (Å²) in [6.45, 7) is 4.08. The third-order valence-electron chi connectivity index (χ3n) is 16.1. The molecule has 75 heavy (non-hydrogen) atoms. The van der Waals surface area contributed by atoms with Crippen molar-refractivity contribution in [3.8, 4) is 0 Å². The van der Waals surface area contributed by atoms with Crippen LogP contribution >= 0.6 is 0 Å². The SMILES string of the molecule is CCCCCCCCCCCCCC/C=C/CC/C=C/CCCC(O)C(O)C(CO)NC(=O)C(O)CCCCCCCCCCCCCCCCCC/C=C\CCCCCCCCCCCCCCCCCCCC. The molecule has 4 atom stereocenters. The number of unbranched alkanes of at least 4 members (excludes halogenated alkanes) is 48. The topological polar surface area (TPSA) is 110 Å². The van der Waals surface area contributed by atoms with Crippen molar-refractivity contribution in [2.75, 3.05) is 6.61 Å². The highest BCUT2D eigenvalue weighted by molar-refractivity contribution is 5.80. The van der Waals surface area contributed by atoms with E-state index in [1.54, 1.807) is 0 Å². The van der Waals surface area contributed by atoms with Crippen LogP contribution in [-0.2, 0) is 4.79 Å². The standard InChI is InChI=1S/C69H133NO5/c1-3-5-7-9-11-13-15-17-19-21-23-25-26-27-28-29-30-31-32-33-34-35-36-37-38-39-40-41-43-45-47-49-51-53-55-57-59-61-63-67(73)69(75)70-65(64-71)68(74)66(72)62-60-58-56-54-52-50-48-46-44-42-24-22-20-18-16-14-12-10-8-6-4-2/h33-34,46,48,54,56,65-68,71-74H,3-32,35-45,47,49-53,55,57-64H2,1-2H3,(H,70,75)/b34-33-,48-46+,56-54+. The van der Waals surface area contributed by atoms with Gasteiger partial charge in [-0.2, -0.15) is 0 Å². The molecule has 6 heteroatoms. The molecule has 0 fully saturated rings. The Morgan fingerprint density at radius 2 is 0.560 bits per heavy atom. The van der Waals surface area contributed by atoms with Gasteiger partial charge in [-0.1, -0.05) is 326 Å². The van der Waals surface area contributed by atoms with Crippen LogP contribution in [0.15, 0.2) is 36.5 Å². The highest BCUT2D eigenvalue weighted by Crippen LogP contribution is 2.19. The maximum Gasteiger partial charge on any atom is 0.249 e. The molecule has 0 aliphatic heterocycles. The lowest BCUT2D eigenvalue weighted by molar-refractivity contribution is -0.132. The third-order valence-corrected chi connectivity index (χ3v) is 16.1. The number of hydrogen-bond donors (Lipinski definition) is 5. The van der Waals surface area contributed by atoms with E-state index in [-0.39, 0.29) is 0 Å². The quantitative estimate of drug-likeness (QED) is 0.0308. The molecular formula is C69H133NO5. The number of amides is 1. The number of nitrogens with one attached hydrogen (secondary N) is 1. The van der Waals surface area contributed by atoms with Gasteiger partial charge in [-0.25, -0.2) is 0 Å². The molecule has 0 aromatic heterocycles. The van der Waals surface area contributed by atoms with Crippen LogP contribution in [0.5, 0.6) is 0 Å². The van der Waals surface area contributed by atoms with E-state index < -0.39 is 36.9 Å². The number of aliphatic hydroxyl groups is 4. The fraction of sp³-hybridized carbons (Fsp3) is 0.899. The van der Waals surface area contributed by atoms with Crippen molar-refractivity contribution >= 4 is 5.91 Å². The molecule has 0 aliphatic carbocycles. The second kappa shape index (κ2) is 63.4. The summed E-state index contributed by atoms with van der Waals surface area (Å²) in [5.41, 5.74) is 0. The molecule has 0 spiro atoms. The summed E-state index contributed by atoms with van der Waals surface area (Å²) in [5, 5.41) is 44.1. The molecular weight excluding hydrogens is 923 g/mol. The van der Waals surface area contributed by atoms with Crippen LogP contribution < -0.4 is 5.32 Å². The minimum Gasteiger partial charge on any atom is -0.394 e. The van der Waals surface area contributed by atoms with Gasteiger partial charge in [-0.15, -0.1) is 0 Å². The summed E-state index contributed by atoms with van der Waals surface area (Å²) in [5.74, 6) is -0.592. The maximum absolute atomic E-state index is 12.6. The second-order valence-corrected chi connectivity index (χ2v) is 23.5. The van der Waals surface area contributed by atoms with Crippen molar-refractivity contribution in [3.05, 3.63) is 36.5 Å². The number of rotatable bonds is 63. The molecule has 0 radical (unpaired) electrons. The van der Waals surface area contributed by atoms with Gasteiger partial charge in [-0.3, -0.25) is 4.79 Å². The Bertz CT molecular complexity index is 1190. The minimum absolute atomic E-state index is 0.362. The summed E-state index contributed by atoms with van der Waals surface area (Å²) in [4.78, 5) is 12.6. The van der Waals surface area contributed by atoms with Crippen LogP contribution in [0.2, 0.25) is 0 Å². The van der Waals surface area contributed by atoms with E-state index in [9.17, 15) is 25.2 Å². The van der Waals surface area contributed by atoms with Crippen LogP contribution in [0.3, 0.4) is 0 Å². The second-order valence-electron chi connectivity index (χ2n) is 23.5. The average molecular weight is 1060 g/mol. The lowest BCUT2D eigenvalue weighted by Gasteiger charge is -2.27. The Kier molecular flexibility index (Phi) is 62.1. The van der Waals surface area contributed by atoms with E-state index in [1.165, 1.54) is 295 Å². The van der Waals surface area contributed by atoms with Crippen molar-refractivity contribution < 1.29 is 25.2 Å². The molecule has 0 saturated carbocycles. The fourth-order valence-corrected chi connectivity index (χ4v) is 10.8. The molecule has 0 saturated heterocycles. The van der Waals surface area contributed by atoms with Gasteiger partial charge in [0.1, 0.15) is 12.2 Å². The maximum atomic E-state index is 12.6. The van der Waals surface area contributed by atoms with Gasteiger partial charge in [0.05, 0.1) is 18.8 Å². The van der Waals surface area contributed by atoms with E-state index >= 15 is 0 Å². The van der Waals surface area contributed by atoms with E-state index in [4.69, 9.17) is 0 Å². The largest absolute Gasteiger partial charge is 0.394 e. The van der Waals surface area contributed by atoms with Gasteiger partial charge in [0, 0.05) is 0 Å². The van der Waals surface area contributed by atoms with Gasteiger partial charge in [0.15, 0.2) is 0 Å². The van der Waals surface area contributed by atoms with Crippen LogP contribution in [0, 0.1) is 0 Å². The molecule has 6 nitrogen and oxygen atoms in total. The molecule has 0 aromatic carbocycles. The highest BCUT2D eigenvalue weighted by atomic mass is 16.3.